The molecule has 0 atom stereocenters. The number of hydrogen-bond acceptors (Lipinski definition) is 2. The molecule has 13 rings (SSSR count). The summed E-state index contributed by atoms with van der Waals surface area (Å²) in [6.45, 7) is 0. The molecule has 1 aromatic heterocycles. The van der Waals surface area contributed by atoms with Gasteiger partial charge >= 0.3 is 0 Å². The van der Waals surface area contributed by atoms with Crippen LogP contribution in [0, 0.1) is 0 Å². The number of anilines is 3. The third-order valence-electron chi connectivity index (χ3n) is 13.2. The summed E-state index contributed by atoms with van der Waals surface area (Å²) in [5.41, 5.74) is 14.6. The van der Waals surface area contributed by atoms with Gasteiger partial charge in [0.25, 0.3) is 0 Å². The van der Waals surface area contributed by atoms with E-state index in [0.717, 1.165) is 55.3 Å². The van der Waals surface area contributed by atoms with Gasteiger partial charge in [0.15, 0.2) is 0 Å². The SMILES string of the molecule is c1ccc(-c2ccc(N(c3ccccc3)c3cccc4oc5c6ccccc6c(-c6ccc(-c7ccc(-c8ccc9ccc%10cccc%11ccc8c9c%10%11)cc7)cc6)cc5c34)cc2)cc1. The molecule has 0 N–H and O–H groups in total. The molecule has 13 aromatic rings. The van der Waals surface area contributed by atoms with Gasteiger partial charge in [-0.2, -0.15) is 0 Å². The van der Waals surface area contributed by atoms with Crippen molar-refractivity contribution in [3.05, 3.63) is 237 Å². The number of benzene rings is 12. The van der Waals surface area contributed by atoms with Crippen molar-refractivity contribution in [2.45, 2.75) is 0 Å². The molecule has 0 aliphatic rings. The van der Waals surface area contributed by atoms with Gasteiger partial charge in [-0.3, -0.25) is 0 Å². The lowest BCUT2D eigenvalue weighted by Crippen LogP contribution is -2.10. The Morgan fingerprint density at radius 1 is 0.281 bits per heavy atom. The normalized spacial score (nSPS) is 11.8. The minimum atomic E-state index is 0.859. The lowest BCUT2D eigenvalue weighted by Gasteiger charge is -2.26. The second-order valence-electron chi connectivity index (χ2n) is 16.8. The predicted molar refractivity (Wildman–Crippen MR) is 271 cm³/mol. The molecular formula is C62H39NO. The van der Waals surface area contributed by atoms with Gasteiger partial charge in [0.1, 0.15) is 11.2 Å². The van der Waals surface area contributed by atoms with E-state index in [2.05, 4.69) is 241 Å². The second-order valence-corrected chi connectivity index (χ2v) is 16.8. The zero-order valence-corrected chi connectivity index (χ0v) is 34.9. The average molecular weight is 814 g/mol. The number of furan rings is 1. The van der Waals surface area contributed by atoms with Crippen LogP contribution in [0.25, 0.3) is 110 Å². The molecular weight excluding hydrogens is 775 g/mol. The Morgan fingerprint density at radius 3 is 1.50 bits per heavy atom. The minimum Gasteiger partial charge on any atom is -0.455 e. The summed E-state index contributed by atoms with van der Waals surface area (Å²) in [5, 5.41) is 12.3. The number of hydrogen-bond donors (Lipinski definition) is 0. The number of para-hydroxylation sites is 1. The van der Waals surface area contributed by atoms with Crippen LogP contribution in [0.3, 0.4) is 0 Å². The second kappa shape index (κ2) is 14.6. The van der Waals surface area contributed by atoms with Crippen molar-refractivity contribution < 1.29 is 4.42 Å². The van der Waals surface area contributed by atoms with Crippen LogP contribution < -0.4 is 4.90 Å². The van der Waals surface area contributed by atoms with Crippen molar-refractivity contribution in [2.24, 2.45) is 0 Å². The van der Waals surface area contributed by atoms with E-state index in [9.17, 15) is 0 Å². The fourth-order valence-corrected chi connectivity index (χ4v) is 10.2. The largest absolute Gasteiger partial charge is 0.455 e. The highest BCUT2D eigenvalue weighted by Crippen LogP contribution is 2.47. The summed E-state index contributed by atoms with van der Waals surface area (Å²) >= 11 is 0. The van der Waals surface area contributed by atoms with Gasteiger partial charge in [-0.1, -0.05) is 194 Å². The van der Waals surface area contributed by atoms with Gasteiger partial charge in [0, 0.05) is 22.1 Å². The third kappa shape index (κ3) is 5.81. The van der Waals surface area contributed by atoms with Crippen molar-refractivity contribution in [3.63, 3.8) is 0 Å². The molecule has 2 heteroatoms. The van der Waals surface area contributed by atoms with E-state index in [4.69, 9.17) is 4.42 Å². The van der Waals surface area contributed by atoms with Crippen LogP contribution in [0.2, 0.25) is 0 Å². The Balaban J connectivity index is 0.896. The maximum Gasteiger partial charge on any atom is 0.143 e. The lowest BCUT2D eigenvalue weighted by atomic mass is 9.89. The van der Waals surface area contributed by atoms with Crippen LogP contribution in [0.4, 0.5) is 17.1 Å². The molecule has 12 aromatic carbocycles. The summed E-state index contributed by atoms with van der Waals surface area (Å²) in [4.78, 5) is 2.35. The van der Waals surface area contributed by atoms with E-state index >= 15 is 0 Å². The summed E-state index contributed by atoms with van der Waals surface area (Å²) in [6, 6.07) is 85.8. The summed E-state index contributed by atoms with van der Waals surface area (Å²) in [6.07, 6.45) is 0. The van der Waals surface area contributed by atoms with Crippen LogP contribution in [-0.4, -0.2) is 0 Å². The molecule has 0 amide bonds. The van der Waals surface area contributed by atoms with E-state index in [1.807, 2.05) is 0 Å². The highest BCUT2D eigenvalue weighted by molar-refractivity contribution is 6.26. The zero-order chi connectivity index (χ0) is 42.1. The smallest absolute Gasteiger partial charge is 0.143 e. The highest BCUT2D eigenvalue weighted by atomic mass is 16.3. The van der Waals surface area contributed by atoms with Crippen molar-refractivity contribution >= 4 is 82.1 Å². The molecule has 0 bridgehead atoms. The van der Waals surface area contributed by atoms with Crippen LogP contribution in [0.15, 0.2) is 241 Å². The van der Waals surface area contributed by atoms with E-state index in [1.165, 1.54) is 71.3 Å². The van der Waals surface area contributed by atoms with E-state index in [1.54, 1.807) is 0 Å². The molecule has 0 unspecified atom stereocenters. The fraction of sp³-hybridized carbons (Fsp3) is 0. The van der Waals surface area contributed by atoms with Gasteiger partial charge in [0.2, 0.25) is 0 Å². The molecule has 0 saturated heterocycles. The van der Waals surface area contributed by atoms with E-state index < -0.39 is 0 Å². The zero-order valence-electron chi connectivity index (χ0n) is 34.9. The Labute approximate surface area is 370 Å². The van der Waals surface area contributed by atoms with E-state index in [-0.39, 0.29) is 0 Å². The monoisotopic (exact) mass is 813 g/mol. The van der Waals surface area contributed by atoms with Gasteiger partial charge in [-0.25, -0.2) is 0 Å². The van der Waals surface area contributed by atoms with Crippen molar-refractivity contribution in [1.29, 1.82) is 0 Å². The van der Waals surface area contributed by atoms with Gasteiger partial charge < -0.3 is 9.32 Å². The summed E-state index contributed by atoms with van der Waals surface area (Å²) in [7, 11) is 0. The van der Waals surface area contributed by atoms with Crippen molar-refractivity contribution in [3.8, 4) is 44.5 Å². The predicted octanol–water partition coefficient (Wildman–Crippen LogP) is 17.8. The lowest BCUT2D eigenvalue weighted by molar-refractivity contribution is 0.672. The minimum absolute atomic E-state index is 0.859. The summed E-state index contributed by atoms with van der Waals surface area (Å²) in [5.74, 6) is 0. The molecule has 298 valence electrons. The standard InChI is InChI=1S/C62H39NO/c1-3-11-40(12-4-1)43-31-35-50(36-32-43)63(49-15-5-2-6-16-49)57-19-10-20-58-61(57)56-39-55(52-17-7-8-18-54(52)62(56)64-58)45-27-23-42(24-28-45)41-21-25-44(26-22-41)51-37-33-48-30-29-46-13-9-14-47-34-38-53(51)60(48)59(46)47/h1-39H. The number of nitrogens with zero attached hydrogens (tertiary/aromatic N) is 1. The Bertz CT molecular complexity index is 3830. The quantitative estimate of drug-likeness (QED) is 0.149. The van der Waals surface area contributed by atoms with Gasteiger partial charge in [-0.15, -0.1) is 0 Å². The molecule has 64 heavy (non-hydrogen) atoms. The first-order valence-electron chi connectivity index (χ1n) is 22.0. The van der Waals surface area contributed by atoms with Crippen LogP contribution in [0.5, 0.6) is 0 Å². The number of rotatable bonds is 7. The number of fused-ring (bicyclic) bond motifs is 5. The molecule has 2 nitrogen and oxygen atoms in total. The van der Waals surface area contributed by atoms with Crippen LogP contribution >= 0.6 is 0 Å². The van der Waals surface area contributed by atoms with Crippen LogP contribution in [0.1, 0.15) is 0 Å². The Hall–Kier alpha value is -8.46. The van der Waals surface area contributed by atoms with Crippen molar-refractivity contribution in [1.82, 2.24) is 0 Å². The van der Waals surface area contributed by atoms with Gasteiger partial charge in [0.05, 0.1) is 11.1 Å². The topological polar surface area (TPSA) is 16.4 Å². The summed E-state index contributed by atoms with van der Waals surface area (Å²) < 4.78 is 6.84. The highest BCUT2D eigenvalue weighted by Gasteiger charge is 2.22. The van der Waals surface area contributed by atoms with Gasteiger partial charge in [-0.05, 0) is 125 Å². The van der Waals surface area contributed by atoms with Crippen LogP contribution in [-0.2, 0) is 0 Å². The van der Waals surface area contributed by atoms with Crippen molar-refractivity contribution in [2.75, 3.05) is 4.90 Å². The molecule has 0 spiro atoms. The first-order valence-corrected chi connectivity index (χ1v) is 22.0. The molecule has 0 radical (unpaired) electrons. The molecule has 0 aliphatic carbocycles. The Kier molecular flexibility index (Phi) is 8.25. The molecule has 1 heterocycles. The Morgan fingerprint density at radius 2 is 0.797 bits per heavy atom. The third-order valence-corrected chi connectivity index (χ3v) is 13.2. The molecule has 0 aliphatic heterocycles. The van der Waals surface area contributed by atoms with E-state index in [0.29, 0.717) is 0 Å². The first kappa shape index (κ1) is 36.2. The molecule has 0 fully saturated rings. The fourth-order valence-electron chi connectivity index (χ4n) is 10.2. The molecule has 0 saturated carbocycles. The average Bonchev–Trinajstić information content (AvgIpc) is 3.76. The first-order chi connectivity index (χ1) is 31.7. The maximum atomic E-state index is 6.84. The maximum absolute atomic E-state index is 6.84.